The number of nitrogens with two attached hydrogens (primary N) is 1. The first-order valence-electron chi connectivity index (χ1n) is 5.74. The molecule has 1 aliphatic rings. The minimum Gasteiger partial charge on any atom is -0.396 e. The molecule has 0 spiro atoms. The Morgan fingerprint density at radius 2 is 2.10 bits per heavy atom. The number of halogens is 1. The van der Waals surface area contributed by atoms with Crippen molar-refractivity contribution < 1.29 is 33.7 Å². The normalized spacial score (nSPS) is 26.0. The van der Waals surface area contributed by atoms with E-state index >= 15 is 0 Å². The van der Waals surface area contributed by atoms with E-state index in [1.807, 2.05) is 0 Å². The number of hydrogen-bond acceptors (Lipinski definition) is 8. The van der Waals surface area contributed by atoms with Crippen LogP contribution in [0.15, 0.2) is 17.1 Å². The van der Waals surface area contributed by atoms with Crippen molar-refractivity contribution in [2.45, 2.75) is 24.9 Å². The van der Waals surface area contributed by atoms with E-state index in [1.54, 1.807) is 0 Å². The maximum absolute atomic E-state index is 13.4. The van der Waals surface area contributed by atoms with Gasteiger partial charge in [0, 0.05) is 12.6 Å². The molecule has 1 aromatic heterocycles. The van der Waals surface area contributed by atoms with E-state index in [-0.39, 0.29) is 12.1 Å². The minimum atomic E-state index is -4.85. The maximum Gasteiger partial charge on any atom is 0.481 e. The molecule has 1 saturated heterocycles. The van der Waals surface area contributed by atoms with Crippen LogP contribution in [0.4, 0.5) is 10.1 Å². The summed E-state index contributed by atoms with van der Waals surface area (Å²) < 4.78 is 19.2. The van der Waals surface area contributed by atoms with Gasteiger partial charge in [-0.2, -0.15) is 19.1 Å². The van der Waals surface area contributed by atoms with Crippen molar-refractivity contribution in [3.05, 3.63) is 28.4 Å². The van der Waals surface area contributed by atoms with Crippen LogP contribution in [0.2, 0.25) is 0 Å². The van der Waals surface area contributed by atoms with E-state index in [0.29, 0.717) is 0 Å². The summed E-state index contributed by atoms with van der Waals surface area (Å²) in [5, 5.41) is 9.67. The van der Waals surface area contributed by atoms with Crippen molar-refractivity contribution in [3.8, 4) is 0 Å². The summed E-state index contributed by atoms with van der Waals surface area (Å²) in [6.45, 7) is 0. The third-order valence-corrected chi connectivity index (χ3v) is 3.88. The molecule has 0 saturated carbocycles. The molecular weight excluding hydrogens is 310 g/mol. The molecule has 2 heterocycles. The van der Waals surface area contributed by atoms with Gasteiger partial charge in [0.25, 0.3) is 5.56 Å². The monoisotopic (exact) mass is 323 g/mol. The highest BCUT2D eigenvalue weighted by atomic mass is 31.2. The number of aromatic nitrogens is 1. The lowest BCUT2D eigenvalue weighted by Crippen LogP contribution is -2.32. The van der Waals surface area contributed by atoms with Crippen molar-refractivity contribution in [2.75, 3.05) is 5.73 Å². The lowest BCUT2D eigenvalue weighted by atomic mass is 10.2. The Morgan fingerprint density at radius 1 is 1.48 bits per heavy atom. The zero-order valence-electron chi connectivity index (χ0n) is 10.5. The second-order valence-corrected chi connectivity index (χ2v) is 6.10. The molecule has 21 heavy (non-hydrogen) atoms. The van der Waals surface area contributed by atoms with Gasteiger partial charge in [-0.25, -0.2) is 4.79 Å². The van der Waals surface area contributed by atoms with E-state index in [4.69, 9.17) is 25.2 Å². The van der Waals surface area contributed by atoms with Crippen LogP contribution in [0.5, 0.6) is 0 Å². The number of anilines is 1. The molecule has 0 radical (unpaired) electrons. The number of carbonyl (C=O) groups excluding carboxylic acids is 1. The van der Waals surface area contributed by atoms with Gasteiger partial charge in [0.15, 0.2) is 6.10 Å². The first-order chi connectivity index (χ1) is 9.62. The van der Waals surface area contributed by atoms with Crippen LogP contribution < -0.4 is 11.3 Å². The van der Waals surface area contributed by atoms with Gasteiger partial charge in [0.1, 0.15) is 6.23 Å². The Labute approximate surface area is 117 Å². The summed E-state index contributed by atoms with van der Waals surface area (Å²) in [5.41, 5.74) is 2.26. The van der Waals surface area contributed by atoms with Crippen molar-refractivity contribution >= 4 is 19.2 Å². The highest BCUT2D eigenvalue weighted by Crippen LogP contribution is 2.49. The summed E-state index contributed by atoms with van der Waals surface area (Å²) in [6.07, 6.45) is -3.58. The first kappa shape index (κ1) is 16.0. The summed E-state index contributed by atoms with van der Waals surface area (Å²) in [5.74, 6) is -1.21. The topological polar surface area (TPSA) is 155 Å². The standard InChI is InChI=1S/C10H12FN2O7P/c11-7-4(12)1-2-13(9(7)15)6-3-5(14)8(20-6)10(16)21(17,18)19/h1-2,5-6,8,14,17-19H,3H2,(H-,12,15)/p+1/t5-,6-,8-/m0/s1. The van der Waals surface area contributed by atoms with Crippen LogP contribution in [0.25, 0.3) is 0 Å². The zero-order chi connectivity index (χ0) is 15.9. The number of carbonyl (C=O) groups is 1. The van der Waals surface area contributed by atoms with Crippen LogP contribution in [0, 0.1) is 5.82 Å². The van der Waals surface area contributed by atoms with Gasteiger partial charge in [-0.05, 0) is 6.07 Å². The molecule has 0 bridgehead atoms. The molecule has 1 fully saturated rings. The molecule has 1 aliphatic heterocycles. The van der Waals surface area contributed by atoms with Crippen molar-refractivity contribution in [2.24, 2.45) is 0 Å². The number of nitrogens with zero attached hydrogens (tertiary/aromatic N) is 1. The van der Waals surface area contributed by atoms with E-state index in [1.165, 1.54) is 0 Å². The smallest absolute Gasteiger partial charge is 0.396 e. The van der Waals surface area contributed by atoms with Crippen LogP contribution in [0.3, 0.4) is 0 Å². The Bertz CT molecular complexity index is 629. The van der Waals surface area contributed by atoms with Crippen molar-refractivity contribution in [3.63, 3.8) is 0 Å². The van der Waals surface area contributed by atoms with E-state index in [0.717, 1.165) is 16.8 Å². The number of rotatable bonds is 3. The van der Waals surface area contributed by atoms with Crippen LogP contribution in [-0.2, 0) is 9.53 Å². The number of hydrogen-bond donors (Lipinski definition) is 5. The molecule has 0 amide bonds. The fourth-order valence-corrected chi connectivity index (χ4v) is 2.56. The summed E-state index contributed by atoms with van der Waals surface area (Å²) >= 11 is 0. The molecule has 3 atom stereocenters. The average Bonchev–Trinajstić information content (AvgIpc) is 2.76. The van der Waals surface area contributed by atoms with Gasteiger partial charge in [-0.1, -0.05) is 0 Å². The molecule has 6 N–H and O–H groups in total. The molecule has 1 aromatic rings. The number of ether oxygens (including phenoxy) is 1. The second-order valence-electron chi connectivity index (χ2n) is 4.52. The fraction of sp³-hybridized carbons (Fsp3) is 0.400. The van der Waals surface area contributed by atoms with Crippen LogP contribution in [-0.4, -0.2) is 42.1 Å². The van der Waals surface area contributed by atoms with E-state index < -0.39 is 43.3 Å². The zero-order valence-corrected chi connectivity index (χ0v) is 11.4. The molecular formula is C10H13FN2O7P+. The van der Waals surface area contributed by atoms with Crippen LogP contribution >= 0.6 is 7.94 Å². The summed E-state index contributed by atoms with van der Waals surface area (Å²) in [7, 11) is -4.85. The fourth-order valence-electron chi connectivity index (χ4n) is 1.98. The number of pyridine rings is 1. The SMILES string of the molecule is Nc1ccn([C@@H]2C[C@H](O)[C@@H](C(=O)[P+](O)(O)O)O2)c(=O)c1F. The number of aliphatic hydroxyl groups is 1. The van der Waals surface area contributed by atoms with Gasteiger partial charge in [0.2, 0.25) is 5.82 Å². The van der Waals surface area contributed by atoms with E-state index in [2.05, 4.69) is 0 Å². The third kappa shape index (κ3) is 2.95. The Balaban J connectivity index is 2.28. The Kier molecular flexibility index (Phi) is 4.11. The van der Waals surface area contributed by atoms with Crippen LogP contribution in [0.1, 0.15) is 12.6 Å². The summed E-state index contributed by atoms with van der Waals surface area (Å²) in [6, 6.07) is 1.10. The molecule has 0 aromatic carbocycles. The highest BCUT2D eigenvalue weighted by molar-refractivity contribution is 7.76. The van der Waals surface area contributed by atoms with Gasteiger partial charge >= 0.3 is 13.5 Å². The number of nitrogen functional groups attached to an aromatic ring is 1. The third-order valence-electron chi connectivity index (χ3n) is 3.04. The second kappa shape index (κ2) is 5.41. The molecule has 2 rings (SSSR count). The molecule has 9 nitrogen and oxygen atoms in total. The van der Waals surface area contributed by atoms with E-state index in [9.17, 15) is 19.1 Å². The van der Waals surface area contributed by atoms with Crippen molar-refractivity contribution in [1.29, 1.82) is 0 Å². The average molecular weight is 323 g/mol. The number of aliphatic hydroxyl groups excluding tert-OH is 1. The molecule has 116 valence electrons. The quantitative estimate of drug-likeness (QED) is 0.420. The lowest BCUT2D eigenvalue weighted by Gasteiger charge is -2.15. The molecule has 11 heteroatoms. The summed E-state index contributed by atoms with van der Waals surface area (Å²) in [4.78, 5) is 49.8. The Morgan fingerprint density at radius 3 is 2.67 bits per heavy atom. The highest BCUT2D eigenvalue weighted by Gasteiger charge is 2.54. The largest absolute Gasteiger partial charge is 0.481 e. The molecule has 0 aliphatic carbocycles. The molecule has 0 unspecified atom stereocenters. The minimum absolute atomic E-state index is 0.278. The van der Waals surface area contributed by atoms with Gasteiger partial charge < -0.3 is 15.6 Å². The van der Waals surface area contributed by atoms with Gasteiger partial charge in [-0.15, -0.1) is 0 Å². The first-order valence-corrected chi connectivity index (χ1v) is 7.39. The predicted octanol–water partition coefficient (Wildman–Crippen LogP) is -1.52. The lowest BCUT2D eigenvalue weighted by molar-refractivity contribution is -0.129. The Hall–Kier alpha value is -1.42. The van der Waals surface area contributed by atoms with Gasteiger partial charge in [0.05, 0.1) is 11.8 Å². The van der Waals surface area contributed by atoms with Gasteiger partial charge in [-0.3, -0.25) is 9.36 Å². The predicted molar refractivity (Wildman–Crippen MR) is 68.2 cm³/mol. The maximum atomic E-state index is 13.4. The van der Waals surface area contributed by atoms with Crippen molar-refractivity contribution in [1.82, 2.24) is 4.57 Å².